The van der Waals surface area contributed by atoms with Crippen molar-refractivity contribution in [3.63, 3.8) is 0 Å². The Morgan fingerprint density at radius 2 is 1.57 bits per heavy atom. The fourth-order valence-corrected chi connectivity index (χ4v) is 3.37. The number of amides is 2. The number of hydrogen-bond donors (Lipinski definition) is 1. The number of aryl methyl sites for hydroxylation is 1. The zero-order valence-electron chi connectivity index (χ0n) is 16.2. The van der Waals surface area contributed by atoms with Crippen molar-refractivity contribution in [1.29, 1.82) is 0 Å². The molecule has 2 heterocycles. The SMILES string of the molecule is Cc1noc(NC(=O)N2CCN(c3ccc(-c4ccccc4)cc3)CC2)c1C. The van der Waals surface area contributed by atoms with Crippen LogP contribution in [0.15, 0.2) is 59.1 Å². The molecule has 0 unspecified atom stereocenters. The molecule has 3 aromatic rings. The van der Waals surface area contributed by atoms with E-state index in [9.17, 15) is 4.79 Å². The first kappa shape index (κ1) is 18.1. The van der Waals surface area contributed by atoms with Crippen molar-refractivity contribution in [3.05, 3.63) is 65.9 Å². The zero-order chi connectivity index (χ0) is 19.5. The van der Waals surface area contributed by atoms with E-state index in [2.05, 4.69) is 63.9 Å². The minimum Gasteiger partial charge on any atom is -0.368 e. The van der Waals surface area contributed by atoms with Crippen molar-refractivity contribution < 1.29 is 9.32 Å². The summed E-state index contributed by atoms with van der Waals surface area (Å²) in [6.07, 6.45) is 0. The second-order valence-corrected chi connectivity index (χ2v) is 7.04. The number of aromatic nitrogens is 1. The third-order valence-corrected chi connectivity index (χ3v) is 5.28. The molecule has 1 aromatic heterocycles. The standard InChI is InChI=1S/C22H24N4O2/c1-16-17(2)24-28-21(16)23-22(27)26-14-12-25(13-15-26)20-10-8-19(9-11-20)18-6-4-3-5-7-18/h3-11H,12-15H2,1-2H3,(H,23,27). The third kappa shape index (κ3) is 3.71. The molecule has 28 heavy (non-hydrogen) atoms. The summed E-state index contributed by atoms with van der Waals surface area (Å²) >= 11 is 0. The van der Waals surface area contributed by atoms with Gasteiger partial charge in [0.2, 0.25) is 5.88 Å². The predicted octanol–water partition coefficient (Wildman–Crippen LogP) is 4.31. The second-order valence-electron chi connectivity index (χ2n) is 7.04. The highest BCUT2D eigenvalue weighted by molar-refractivity contribution is 5.88. The molecule has 2 aromatic carbocycles. The van der Waals surface area contributed by atoms with E-state index in [4.69, 9.17) is 4.52 Å². The minimum absolute atomic E-state index is 0.140. The van der Waals surface area contributed by atoms with Gasteiger partial charge in [-0.1, -0.05) is 47.6 Å². The summed E-state index contributed by atoms with van der Waals surface area (Å²) < 4.78 is 5.18. The lowest BCUT2D eigenvalue weighted by molar-refractivity contribution is 0.207. The number of urea groups is 1. The molecule has 144 valence electrons. The normalized spacial score (nSPS) is 14.2. The Kier molecular flexibility index (Phi) is 5.02. The van der Waals surface area contributed by atoms with Gasteiger partial charge in [0.15, 0.2) is 0 Å². The predicted molar refractivity (Wildman–Crippen MR) is 111 cm³/mol. The van der Waals surface area contributed by atoms with Gasteiger partial charge in [0.1, 0.15) is 0 Å². The summed E-state index contributed by atoms with van der Waals surface area (Å²) in [5.74, 6) is 0.432. The zero-order valence-corrected chi connectivity index (χ0v) is 16.2. The molecule has 0 spiro atoms. The van der Waals surface area contributed by atoms with Crippen molar-refractivity contribution in [2.45, 2.75) is 13.8 Å². The number of nitrogens with zero attached hydrogens (tertiary/aromatic N) is 3. The number of hydrogen-bond acceptors (Lipinski definition) is 4. The van der Waals surface area contributed by atoms with E-state index < -0.39 is 0 Å². The summed E-state index contributed by atoms with van der Waals surface area (Å²) in [6, 6.07) is 18.8. The van der Waals surface area contributed by atoms with E-state index in [-0.39, 0.29) is 6.03 Å². The lowest BCUT2D eigenvalue weighted by Gasteiger charge is -2.36. The van der Waals surface area contributed by atoms with Gasteiger partial charge in [0.25, 0.3) is 0 Å². The maximum atomic E-state index is 12.5. The maximum absolute atomic E-state index is 12.5. The molecule has 0 aliphatic carbocycles. The highest BCUT2D eigenvalue weighted by Crippen LogP contribution is 2.24. The van der Waals surface area contributed by atoms with E-state index in [1.807, 2.05) is 24.8 Å². The van der Waals surface area contributed by atoms with Gasteiger partial charge < -0.3 is 14.3 Å². The second kappa shape index (κ2) is 7.76. The van der Waals surface area contributed by atoms with E-state index >= 15 is 0 Å². The largest absolute Gasteiger partial charge is 0.368 e. The van der Waals surface area contributed by atoms with Gasteiger partial charge in [-0.3, -0.25) is 5.32 Å². The molecule has 0 radical (unpaired) electrons. The molecule has 2 amide bonds. The van der Waals surface area contributed by atoms with Crippen LogP contribution in [0.25, 0.3) is 11.1 Å². The van der Waals surface area contributed by atoms with Crippen LogP contribution in [0, 0.1) is 13.8 Å². The third-order valence-electron chi connectivity index (χ3n) is 5.28. The Balaban J connectivity index is 1.35. The fourth-order valence-electron chi connectivity index (χ4n) is 3.37. The van der Waals surface area contributed by atoms with Crippen LogP contribution in [0.3, 0.4) is 0 Å². The number of carbonyl (C=O) groups is 1. The van der Waals surface area contributed by atoms with Gasteiger partial charge in [-0.15, -0.1) is 0 Å². The number of nitrogens with one attached hydrogen (secondary N) is 1. The first-order valence-electron chi connectivity index (χ1n) is 9.51. The smallest absolute Gasteiger partial charge is 0.324 e. The molecule has 4 rings (SSSR count). The van der Waals surface area contributed by atoms with Crippen molar-refractivity contribution in [2.24, 2.45) is 0 Å². The van der Waals surface area contributed by atoms with Gasteiger partial charge in [0, 0.05) is 37.4 Å². The van der Waals surface area contributed by atoms with Crippen LogP contribution >= 0.6 is 0 Å². The Morgan fingerprint density at radius 1 is 0.929 bits per heavy atom. The Labute approximate surface area is 164 Å². The molecule has 1 N–H and O–H groups in total. The van der Waals surface area contributed by atoms with Crippen LogP contribution < -0.4 is 10.2 Å². The molecule has 1 aliphatic heterocycles. The minimum atomic E-state index is -0.140. The molecule has 6 heteroatoms. The summed E-state index contributed by atoms with van der Waals surface area (Å²) in [7, 11) is 0. The maximum Gasteiger partial charge on any atom is 0.324 e. The van der Waals surface area contributed by atoms with E-state index in [0.717, 1.165) is 24.3 Å². The van der Waals surface area contributed by atoms with Gasteiger partial charge in [-0.25, -0.2) is 4.79 Å². The monoisotopic (exact) mass is 376 g/mol. The average molecular weight is 376 g/mol. The van der Waals surface area contributed by atoms with Crippen LogP contribution in [0.4, 0.5) is 16.4 Å². The molecule has 1 fully saturated rings. The van der Waals surface area contributed by atoms with Crippen LogP contribution in [-0.4, -0.2) is 42.3 Å². The van der Waals surface area contributed by atoms with Gasteiger partial charge in [-0.05, 0) is 37.1 Å². The van der Waals surface area contributed by atoms with Crippen molar-refractivity contribution >= 4 is 17.6 Å². The highest BCUT2D eigenvalue weighted by atomic mass is 16.5. The number of anilines is 2. The first-order valence-corrected chi connectivity index (χ1v) is 9.51. The van der Waals surface area contributed by atoms with Gasteiger partial charge in [-0.2, -0.15) is 0 Å². The van der Waals surface area contributed by atoms with Crippen molar-refractivity contribution in [3.8, 4) is 11.1 Å². The van der Waals surface area contributed by atoms with Crippen LogP contribution in [0.5, 0.6) is 0 Å². The molecule has 1 aliphatic rings. The Morgan fingerprint density at radius 3 is 2.18 bits per heavy atom. The van der Waals surface area contributed by atoms with E-state index in [0.29, 0.717) is 19.0 Å². The van der Waals surface area contributed by atoms with Gasteiger partial charge >= 0.3 is 6.03 Å². The average Bonchev–Trinajstić information content (AvgIpc) is 3.07. The number of piperazine rings is 1. The molecular formula is C22H24N4O2. The van der Waals surface area contributed by atoms with E-state index in [1.54, 1.807) is 0 Å². The molecule has 0 atom stereocenters. The molecule has 6 nitrogen and oxygen atoms in total. The van der Waals surface area contributed by atoms with Crippen molar-refractivity contribution in [2.75, 3.05) is 36.4 Å². The summed E-state index contributed by atoms with van der Waals surface area (Å²) in [5, 5.41) is 6.70. The van der Waals surface area contributed by atoms with Crippen LogP contribution in [0.2, 0.25) is 0 Å². The molecule has 0 bridgehead atoms. The topological polar surface area (TPSA) is 61.6 Å². The quantitative estimate of drug-likeness (QED) is 0.740. The highest BCUT2D eigenvalue weighted by Gasteiger charge is 2.23. The molecule has 1 saturated heterocycles. The Bertz CT molecular complexity index is 942. The molecular weight excluding hydrogens is 352 g/mol. The van der Waals surface area contributed by atoms with Crippen LogP contribution in [0.1, 0.15) is 11.3 Å². The number of carbonyl (C=O) groups excluding carboxylic acids is 1. The number of rotatable bonds is 3. The summed E-state index contributed by atoms with van der Waals surface area (Å²) in [6.45, 7) is 6.67. The fraction of sp³-hybridized carbons (Fsp3) is 0.273. The lowest BCUT2D eigenvalue weighted by atomic mass is 10.1. The van der Waals surface area contributed by atoms with Crippen molar-refractivity contribution in [1.82, 2.24) is 10.1 Å². The van der Waals surface area contributed by atoms with Gasteiger partial charge in [0.05, 0.1) is 5.69 Å². The first-order chi connectivity index (χ1) is 13.6. The summed E-state index contributed by atoms with van der Waals surface area (Å²) in [5.41, 5.74) is 5.26. The number of benzene rings is 2. The molecule has 0 saturated carbocycles. The lowest BCUT2D eigenvalue weighted by Crippen LogP contribution is -2.50. The summed E-state index contributed by atoms with van der Waals surface area (Å²) in [4.78, 5) is 16.6. The Hall–Kier alpha value is -3.28. The van der Waals surface area contributed by atoms with Crippen LogP contribution in [-0.2, 0) is 0 Å². The van der Waals surface area contributed by atoms with E-state index in [1.165, 1.54) is 16.8 Å².